The molecule has 2 aliphatic rings. The van der Waals surface area contributed by atoms with E-state index in [-0.39, 0.29) is 21.5 Å². The van der Waals surface area contributed by atoms with Crippen molar-refractivity contribution in [1.82, 2.24) is 14.9 Å². The summed E-state index contributed by atoms with van der Waals surface area (Å²) in [4.78, 5) is 41.3. The maximum Gasteiger partial charge on any atom is 0.337 e. The van der Waals surface area contributed by atoms with Crippen LogP contribution in [0.15, 0.2) is 65.5 Å². The maximum atomic E-state index is 13.4. The van der Waals surface area contributed by atoms with E-state index < -0.39 is 5.92 Å². The predicted octanol–water partition coefficient (Wildman–Crippen LogP) is 7.02. The van der Waals surface area contributed by atoms with E-state index in [1.54, 1.807) is 12.1 Å². The van der Waals surface area contributed by atoms with E-state index in [9.17, 15) is 14.4 Å². The van der Waals surface area contributed by atoms with Crippen LogP contribution in [0.1, 0.15) is 54.1 Å². The number of esters is 1. The molecule has 0 radical (unpaired) electrons. The van der Waals surface area contributed by atoms with Crippen molar-refractivity contribution in [2.24, 2.45) is 0 Å². The van der Waals surface area contributed by atoms with E-state index >= 15 is 0 Å². The van der Waals surface area contributed by atoms with Crippen LogP contribution in [0.3, 0.4) is 0 Å². The standard InChI is InChI=1S/C25H17N3O4S5.C2H6/c29-23(17-8-9-28-18(17)6-7-19(28)20(33)13-4-2-1-3-5-13)32-16-11-14(21-26-24(30)36-34-21)10-15(12-16)22-27-25(31)37-35-22;1-2/h1-7,10-12,17,21H,8-9H2,(H,26,30);1-2H3. The van der Waals surface area contributed by atoms with E-state index in [1.165, 1.54) is 21.1 Å². The number of aromatic nitrogens is 2. The minimum absolute atomic E-state index is 0.131. The highest BCUT2D eigenvalue weighted by atomic mass is 33.1. The molecule has 1 saturated heterocycles. The summed E-state index contributed by atoms with van der Waals surface area (Å²) in [7, 11) is 4.82. The number of nitrogens with zero attached hydrogens (tertiary/aromatic N) is 2. The Bertz CT molecular complexity index is 1590. The van der Waals surface area contributed by atoms with Gasteiger partial charge in [-0.1, -0.05) is 77.5 Å². The van der Waals surface area contributed by atoms with Gasteiger partial charge < -0.3 is 14.6 Å². The van der Waals surface area contributed by atoms with Gasteiger partial charge in [0.15, 0.2) is 0 Å². The number of rotatable bonds is 6. The van der Waals surface area contributed by atoms with Crippen LogP contribution < -0.4 is 14.9 Å². The lowest BCUT2D eigenvalue weighted by Gasteiger charge is -2.14. The monoisotopic (exact) mass is 613 g/mol. The molecule has 6 rings (SSSR count). The molecule has 0 saturated carbocycles. The predicted molar refractivity (Wildman–Crippen MR) is 164 cm³/mol. The van der Waals surface area contributed by atoms with Crippen LogP contribution in [0.2, 0.25) is 0 Å². The largest absolute Gasteiger partial charge is 0.426 e. The van der Waals surface area contributed by atoms with Crippen molar-refractivity contribution in [2.75, 3.05) is 0 Å². The third-order valence-corrected chi connectivity index (χ3v) is 10.8. The summed E-state index contributed by atoms with van der Waals surface area (Å²) in [5, 5.41) is 3.00. The quantitative estimate of drug-likeness (QED) is 0.0816. The first kappa shape index (κ1) is 27.8. The highest BCUT2D eigenvalue weighted by Crippen LogP contribution is 2.44. The Kier molecular flexibility index (Phi) is 8.67. The molecular weight excluding hydrogens is 591 g/mol. The minimum Gasteiger partial charge on any atom is -0.426 e. The van der Waals surface area contributed by atoms with Crippen molar-refractivity contribution < 1.29 is 14.3 Å². The molecule has 7 nitrogen and oxygen atoms in total. The zero-order valence-corrected chi connectivity index (χ0v) is 25.0. The fourth-order valence-electron chi connectivity index (χ4n) is 4.45. The van der Waals surface area contributed by atoms with Crippen LogP contribution in [0.4, 0.5) is 4.79 Å². The summed E-state index contributed by atoms with van der Waals surface area (Å²) in [6.07, 6.45) is 0.616. The van der Waals surface area contributed by atoms with E-state index in [4.69, 9.17) is 17.0 Å². The molecular formula is C27H23N3O4S5. The first-order valence-corrected chi connectivity index (χ1v) is 17.0. The molecule has 2 aromatic carbocycles. The summed E-state index contributed by atoms with van der Waals surface area (Å²) in [6, 6.07) is 19.1. The van der Waals surface area contributed by atoms with Crippen molar-refractivity contribution in [2.45, 2.75) is 38.1 Å². The number of fused-ring (bicyclic) bond motifs is 1. The molecule has 1 amide bonds. The number of ether oxygens (including phenoxy) is 1. The lowest BCUT2D eigenvalue weighted by molar-refractivity contribution is -0.136. The molecule has 4 heterocycles. The number of carbonyl (C=O) groups excluding carboxylic acids is 2. The molecule has 2 aliphatic heterocycles. The molecule has 39 heavy (non-hydrogen) atoms. The van der Waals surface area contributed by atoms with Crippen molar-refractivity contribution in [3.63, 3.8) is 0 Å². The smallest absolute Gasteiger partial charge is 0.337 e. The minimum atomic E-state index is -0.425. The number of benzene rings is 2. The molecule has 0 bridgehead atoms. The Morgan fingerprint density at radius 3 is 2.56 bits per heavy atom. The van der Waals surface area contributed by atoms with Gasteiger partial charge in [-0.2, -0.15) is 4.98 Å². The Morgan fingerprint density at radius 1 is 1.08 bits per heavy atom. The third-order valence-electron chi connectivity index (χ3n) is 6.12. The molecule has 1 N–H and O–H groups in total. The van der Waals surface area contributed by atoms with E-state index in [1.807, 2.05) is 62.4 Å². The van der Waals surface area contributed by atoms with Gasteiger partial charge >= 0.3 is 10.8 Å². The van der Waals surface area contributed by atoms with Gasteiger partial charge in [0.1, 0.15) is 16.1 Å². The highest BCUT2D eigenvalue weighted by molar-refractivity contribution is 8.82. The molecule has 0 spiro atoms. The zero-order valence-electron chi connectivity index (χ0n) is 20.9. The molecule has 2 aromatic heterocycles. The third kappa shape index (κ3) is 5.90. The molecule has 0 aliphatic carbocycles. The first-order valence-electron chi connectivity index (χ1n) is 12.2. The average molecular weight is 614 g/mol. The van der Waals surface area contributed by atoms with Gasteiger partial charge in [0.05, 0.1) is 16.5 Å². The van der Waals surface area contributed by atoms with Gasteiger partial charge in [0, 0.05) is 28.6 Å². The number of nitrogens with one attached hydrogen (secondary N) is 1. The van der Waals surface area contributed by atoms with Gasteiger partial charge in [-0.25, -0.2) is 0 Å². The summed E-state index contributed by atoms with van der Waals surface area (Å²) >= 11 is 5.73. The molecule has 1 fully saturated rings. The Hall–Kier alpha value is -2.77. The van der Waals surface area contributed by atoms with Gasteiger partial charge in [-0.3, -0.25) is 14.4 Å². The van der Waals surface area contributed by atoms with E-state index in [0.29, 0.717) is 29.3 Å². The fraction of sp³-hybridized carbons (Fsp3) is 0.222. The number of hydrogen-bond donors (Lipinski definition) is 1. The van der Waals surface area contributed by atoms with E-state index in [2.05, 4.69) is 14.9 Å². The highest BCUT2D eigenvalue weighted by Gasteiger charge is 2.33. The van der Waals surface area contributed by atoms with Crippen LogP contribution in [0.5, 0.6) is 5.75 Å². The Labute approximate surface area is 245 Å². The zero-order chi connectivity index (χ0) is 27.5. The summed E-state index contributed by atoms with van der Waals surface area (Å²) in [5.41, 5.74) is 4.19. The maximum absolute atomic E-state index is 13.4. The first-order chi connectivity index (χ1) is 19.0. The normalized spacial score (nSPS) is 17.6. The molecule has 12 heteroatoms. The summed E-state index contributed by atoms with van der Waals surface area (Å²) in [6.45, 7) is 4.67. The van der Waals surface area contributed by atoms with Crippen LogP contribution in [-0.4, -0.2) is 25.6 Å². The second kappa shape index (κ2) is 12.2. The van der Waals surface area contributed by atoms with E-state index in [0.717, 1.165) is 48.5 Å². The molecule has 200 valence electrons. The van der Waals surface area contributed by atoms with Gasteiger partial charge in [-0.15, -0.1) is 0 Å². The Morgan fingerprint density at radius 2 is 1.87 bits per heavy atom. The van der Waals surface area contributed by atoms with Crippen LogP contribution in [0.25, 0.3) is 10.6 Å². The summed E-state index contributed by atoms with van der Waals surface area (Å²) < 4.78 is 7.99. The van der Waals surface area contributed by atoms with Crippen molar-refractivity contribution in [3.05, 3.63) is 92.8 Å². The topological polar surface area (TPSA) is 90.3 Å². The van der Waals surface area contributed by atoms with Crippen molar-refractivity contribution in [1.29, 1.82) is 0 Å². The fourth-order valence-corrected chi connectivity index (χ4v) is 8.40. The summed E-state index contributed by atoms with van der Waals surface area (Å²) in [5.74, 6) is -0.436. The second-order valence-electron chi connectivity index (χ2n) is 8.38. The van der Waals surface area contributed by atoms with Crippen LogP contribution in [0, 0.1) is 0 Å². The van der Waals surface area contributed by atoms with Gasteiger partial charge in [-0.05, 0) is 58.2 Å². The van der Waals surface area contributed by atoms with Crippen molar-refractivity contribution >= 4 is 70.6 Å². The average Bonchev–Trinajstić information content (AvgIpc) is 3.75. The second-order valence-corrected chi connectivity index (χ2v) is 13.1. The number of hydrogen-bond acceptors (Lipinski definition) is 10. The number of amides is 1. The van der Waals surface area contributed by atoms with Gasteiger partial charge in [0.25, 0.3) is 5.24 Å². The van der Waals surface area contributed by atoms with Gasteiger partial charge in [0.2, 0.25) is 0 Å². The van der Waals surface area contributed by atoms with Crippen molar-refractivity contribution in [3.8, 4) is 16.3 Å². The molecule has 2 atom stereocenters. The molecule has 4 aromatic rings. The SMILES string of the molecule is CC.O=C1NC(c2cc(OC(=O)C3CCn4c(C(=S)c5ccccc5)ccc43)cc(-c3nc(=O)ss3)c2)SS1. The lowest BCUT2D eigenvalue weighted by Crippen LogP contribution is -2.18. The molecule has 2 unspecified atom stereocenters. The number of carbonyl (C=O) groups is 2. The lowest BCUT2D eigenvalue weighted by atomic mass is 10.0. The number of thiocarbonyl (C=S) groups is 1. The van der Waals surface area contributed by atoms with Crippen LogP contribution in [-0.2, 0) is 11.3 Å². The Balaban J connectivity index is 0.00000151. The van der Waals surface area contributed by atoms with Crippen LogP contribution >= 0.6 is 54.5 Å².